The number of thiophene rings is 1. The maximum absolute atomic E-state index is 8.79. The molecule has 0 radical (unpaired) electrons. The summed E-state index contributed by atoms with van der Waals surface area (Å²) in [7, 11) is 0. The molecule has 4 heteroatoms. The van der Waals surface area contributed by atoms with Crippen molar-refractivity contribution >= 4 is 22.9 Å². The lowest BCUT2D eigenvalue weighted by Gasteiger charge is -2.13. The molecule has 0 aliphatic rings. The second kappa shape index (κ2) is 6.72. The van der Waals surface area contributed by atoms with Crippen molar-refractivity contribution in [3.05, 3.63) is 56.7 Å². The third-order valence-electron chi connectivity index (χ3n) is 2.91. The summed E-state index contributed by atoms with van der Waals surface area (Å²) in [5, 5.41) is 15.0. The van der Waals surface area contributed by atoms with Crippen molar-refractivity contribution in [1.29, 1.82) is 5.26 Å². The molecule has 0 bridgehead atoms. The van der Waals surface area contributed by atoms with Gasteiger partial charge in [-0.2, -0.15) is 5.26 Å². The fraction of sp³-hybridized carbons (Fsp3) is 0.267. The smallest absolute Gasteiger partial charge is 0.0992 e. The first kappa shape index (κ1) is 14.1. The molecule has 0 aliphatic carbocycles. The summed E-state index contributed by atoms with van der Waals surface area (Å²) in [6.45, 7) is 2.88. The van der Waals surface area contributed by atoms with Crippen molar-refractivity contribution in [3.8, 4) is 6.07 Å². The number of rotatable bonds is 5. The van der Waals surface area contributed by atoms with E-state index in [0.717, 1.165) is 18.5 Å². The van der Waals surface area contributed by atoms with E-state index in [2.05, 4.69) is 35.8 Å². The fourth-order valence-corrected chi connectivity index (χ4v) is 2.93. The highest BCUT2D eigenvalue weighted by Gasteiger charge is 2.06. The van der Waals surface area contributed by atoms with Gasteiger partial charge in [-0.15, -0.1) is 11.3 Å². The number of hydrogen-bond acceptors (Lipinski definition) is 3. The molecule has 0 spiro atoms. The minimum atomic E-state index is 0.394. The molecule has 2 aromatic rings. The molecular formula is C15H15ClN2S. The molecular weight excluding hydrogens is 276 g/mol. The third-order valence-corrected chi connectivity index (χ3v) is 4.16. The summed E-state index contributed by atoms with van der Waals surface area (Å²) in [5.74, 6) is 0. The van der Waals surface area contributed by atoms with E-state index in [1.807, 2.05) is 6.07 Å². The third kappa shape index (κ3) is 4.07. The Labute approximate surface area is 122 Å². The Morgan fingerprint density at radius 2 is 2.26 bits per heavy atom. The topological polar surface area (TPSA) is 35.8 Å². The molecule has 2 rings (SSSR count). The van der Waals surface area contributed by atoms with Gasteiger partial charge >= 0.3 is 0 Å². The van der Waals surface area contributed by atoms with Crippen molar-refractivity contribution in [1.82, 2.24) is 5.32 Å². The van der Waals surface area contributed by atoms with Crippen LogP contribution in [0.15, 0.2) is 35.7 Å². The Bertz CT molecular complexity index is 572. The summed E-state index contributed by atoms with van der Waals surface area (Å²) in [6, 6.07) is 12.1. The van der Waals surface area contributed by atoms with Gasteiger partial charge in [-0.3, -0.25) is 0 Å². The van der Waals surface area contributed by atoms with Crippen LogP contribution >= 0.6 is 22.9 Å². The number of halogens is 1. The molecule has 0 amide bonds. The first-order chi connectivity index (χ1) is 9.19. The number of nitrogens with one attached hydrogen (secondary N) is 1. The van der Waals surface area contributed by atoms with Gasteiger partial charge in [-0.25, -0.2) is 0 Å². The van der Waals surface area contributed by atoms with Crippen LogP contribution in [0.2, 0.25) is 5.02 Å². The molecule has 0 fully saturated rings. The van der Waals surface area contributed by atoms with Crippen LogP contribution in [0.25, 0.3) is 0 Å². The Kier molecular flexibility index (Phi) is 4.98. The maximum atomic E-state index is 8.79. The zero-order valence-electron chi connectivity index (χ0n) is 10.7. The van der Waals surface area contributed by atoms with Gasteiger partial charge in [0.25, 0.3) is 0 Å². The molecule has 1 heterocycles. The van der Waals surface area contributed by atoms with E-state index in [1.54, 1.807) is 23.5 Å². The summed E-state index contributed by atoms with van der Waals surface area (Å²) >= 11 is 7.92. The zero-order valence-corrected chi connectivity index (χ0v) is 12.3. The van der Waals surface area contributed by atoms with E-state index >= 15 is 0 Å². The first-order valence-corrected chi connectivity index (χ1v) is 7.39. The lowest BCUT2D eigenvalue weighted by atomic mass is 10.1. The van der Waals surface area contributed by atoms with Gasteiger partial charge in [0.2, 0.25) is 0 Å². The molecule has 1 unspecified atom stereocenters. The number of nitriles is 1. The van der Waals surface area contributed by atoms with Gasteiger partial charge in [-0.05, 0) is 42.5 Å². The molecule has 0 saturated carbocycles. The van der Waals surface area contributed by atoms with Gasteiger partial charge < -0.3 is 5.32 Å². The zero-order chi connectivity index (χ0) is 13.7. The summed E-state index contributed by atoms with van der Waals surface area (Å²) < 4.78 is 0. The van der Waals surface area contributed by atoms with Crippen molar-refractivity contribution in [3.63, 3.8) is 0 Å². The van der Waals surface area contributed by atoms with Crippen molar-refractivity contribution in [2.75, 3.05) is 0 Å². The molecule has 0 aliphatic heterocycles. The molecule has 1 aromatic heterocycles. The quantitative estimate of drug-likeness (QED) is 0.903. The average Bonchev–Trinajstić information content (AvgIpc) is 2.90. The normalized spacial score (nSPS) is 12.1. The van der Waals surface area contributed by atoms with Crippen LogP contribution in [0, 0.1) is 11.3 Å². The lowest BCUT2D eigenvalue weighted by Crippen LogP contribution is -2.27. The van der Waals surface area contributed by atoms with Crippen LogP contribution in [0.3, 0.4) is 0 Å². The van der Waals surface area contributed by atoms with Gasteiger partial charge in [0.1, 0.15) is 0 Å². The van der Waals surface area contributed by atoms with Crippen LogP contribution < -0.4 is 5.32 Å². The molecule has 1 aromatic carbocycles. The molecule has 19 heavy (non-hydrogen) atoms. The Balaban J connectivity index is 1.90. The van der Waals surface area contributed by atoms with Crippen molar-refractivity contribution in [2.24, 2.45) is 0 Å². The fourth-order valence-electron chi connectivity index (χ4n) is 1.85. The maximum Gasteiger partial charge on any atom is 0.0992 e. The Morgan fingerprint density at radius 1 is 1.42 bits per heavy atom. The monoisotopic (exact) mass is 290 g/mol. The SMILES string of the molecule is CC(Cc1cccs1)NCc1ccc(C#N)cc1Cl. The summed E-state index contributed by atoms with van der Waals surface area (Å²) in [4.78, 5) is 1.38. The van der Waals surface area contributed by atoms with Gasteiger partial charge in [0.05, 0.1) is 11.6 Å². The van der Waals surface area contributed by atoms with E-state index in [-0.39, 0.29) is 0 Å². The van der Waals surface area contributed by atoms with Gasteiger partial charge in [-0.1, -0.05) is 23.7 Å². The molecule has 0 saturated heterocycles. The van der Waals surface area contributed by atoms with Gasteiger partial charge in [0, 0.05) is 22.5 Å². The second-order valence-electron chi connectivity index (χ2n) is 4.48. The summed E-state index contributed by atoms with van der Waals surface area (Å²) in [5.41, 5.74) is 1.62. The van der Waals surface area contributed by atoms with Crippen molar-refractivity contribution < 1.29 is 0 Å². The van der Waals surface area contributed by atoms with Crippen LogP contribution in [-0.4, -0.2) is 6.04 Å². The van der Waals surface area contributed by atoms with Crippen LogP contribution in [0.4, 0.5) is 0 Å². The minimum Gasteiger partial charge on any atom is -0.310 e. The van der Waals surface area contributed by atoms with Crippen LogP contribution in [0.1, 0.15) is 22.9 Å². The second-order valence-corrected chi connectivity index (χ2v) is 5.92. The van der Waals surface area contributed by atoms with Gasteiger partial charge in [0.15, 0.2) is 0 Å². The largest absolute Gasteiger partial charge is 0.310 e. The lowest BCUT2D eigenvalue weighted by molar-refractivity contribution is 0.549. The van der Waals surface area contributed by atoms with E-state index in [0.29, 0.717) is 16.6 Å². The highest BCUT2D eigenvalue weighted by Crippen LogP contribution is 2.18. The highest BCUT2D eigenvalue weighted by molar-refractivity contribution is 7.09. The number of nitrogens with zero attached hydrogens (tertiary/aromatic N) is 1. The first-order valence-electron chi connectivity index (χ1n) is 6.13. The number of hydrogen-bond donors (Lipinski definition) is 1. The van der Waals surface area contributed by atoms with E-state index in [4.69, 9.17) is 16.9 Å². The molecule has 1 N–H and O–H groups in total. The number of benzene rings is 1. The minimum absolute atomic E-state index is 0.394. The van der Waals surface area contributed by atoms with E-state index in [1.165, 1.54) is 4.88 Å². The Hall–Kier alpha value is -1.34. The predicted molar refractivity (Wildman–Crippen MR) is 80.5 cm³/mol. The van der Waals surface area contributed by atoms with Crippen LogP contribution in [0.5, 0.6) is 0 Å². The molecule has 1 atom stereocenters. The standard InChI is InChI=1S/C15H15ClN2S/c1-11(7-14-3-2-6-19-14)18-10-13-5-4-12(9-17)8-15(13)16/h2-6,8,11,18H,7,10H2,1H3. The predicted octanol–water partition coefficient (Wildman–Crippen LogP) is 3.99. The van der Waals surface area contributed by atoms with E-state index in [9.17, 15) is 0 Å². The Morgan fingerprint density at radius 3 is 2.89 bits per heavy atom. The average molecular weight is 291 g/mol. The highest BCUT2D eigenvalue weighted by atomic mass is 35.5. The van der Waals surface area contributed by atoms with E-state index < -0.39 is 0 Å². The summed E-state index contributed by atoms with van der Waals surface area (Å²) in [6.07, 6.45) is 1.02. The molecule has 98 valence electrons. The van der Waals surface area contributed by atoms with Crippen LogP contribution in [-0.2, 0) is 13.0 Å². The van der Waals surface area contributed by atoms with Crippen molar-refractivity contribution in [2.45, 2.75) is 25.9 Å². The molecule has 2 nitrogen and oxygen atoms in total.